The molecule has 1 aliphatic rings. The molecule has 1 aromatic heterocycles. The van der Waals surface area contributed by atoms with Gasteiger partial charge in [0.25, 0.3) is 5.91 Å². The highest BCUT2D eigenvalue weighted by atomic mass is 35.5. The number of hydrogen-bond donors (Lipinski definition) is 2. The number of anilines is 2. The predicted octanol–water partition coefficient (Wildman–Crippen LogP) is 3.96. The largest absolute Gasteiger partial charge is 0.454 e. The first-order valence-electron chi connectivity index (χ1n) is 8.28. The highest BCUT2D eigenvalue weighted by molar-refractivity contribution is 7.14. The van der Waals surface area contributed by atoms with E-state index in [1.807, 2.05) is 0 Å². The lowest BCUT2D eigenvalue weighted by atomic mass is 10.2. The average Bonchev–Trinajstić information content (AvgIpc) is 3.30. The number of hydrogen-bond acceptors (Lipinski definition) is 6. The maximum atomic E-state index is 12.4. The first-order chi connectivity index (χ1) is 13.6. The van der Waals surface area contributed by atoms with E-state index in [9.17, 15) is 9.59 Å². The van der Waals surface area contributed by atoms with Crippen LogP contribution in [-0.2, 0) is 11.2 Å². The number of aromatic nitrogens is 1. The van der Waals surface area contributed by atoms with Crippen LogP contribution in [-0.4, -0.2) is 23.6 Å². The molecule has 0 saturated heterocycles. The predicted molar refractivity (Wildman–Crippen MR) is 106 cm³/mol. The number of nitrogens with zero attached hydrogens (tertiary/aromatic N) is 1. The van der Waals surface area contributed by atoms with E-state index in [0.717, 1.165) is 0 Å². The zero-order chi connectivity index (χ0) is 19.5. The van der Waals surface area contributed by atoms with Gasteiger partial charge in [0.2, 0.25) is 12.7 Å². The molecule has 28 heavy (non-hydrogen) atoms. The first-order valence-corrected chi connectivity index (χ1v) is 9.53. The maximum Gasteiger partial charge on any atom is 0.257 e. The van der Waals surface area contributed by atoms with Crippen LogP contribution in [0.2, 0.25) is 5.02 Å². The topological polar surface area (TPSA) is 89.6 Å². The van der Waals surface area contributed by atoms with Gasteiger partial charge < -0.3 is 14.8 Å². The summed E-state index contributed by atoms with van der Waals surface area (Å²) in [7, 11) is 0. The highest BCUT2D eigenvalue weighted by Gasteiger charge is 2.17. The monoisotopic (exact) mass is 415 g/mol. The minimum absolute atomic E-state index is 0.0862. The van der Waals surface area contributed by atoms with E-state index in [2.05, 4.69) is 15.6 Å². The molecule has 2 N–H and O–H groups in total. The Morgan fingerprint density at radius 3 is 2.82 bits per heavy atom. The molecule has 0 unspecified atom stereocenters. The van der Waals surface area contributed by atoms with E-state index >= 15 is 0 Å². The van der Waals surface area contributed by atoms with Crippen LogP contribution in [0.4, 0.5) is 10.8 Å². The molecule has 2 heterocycles. The van der Waals surface area contributed by atoms with Gasteiger partial charge in [0.1, 0.15) is 0 Å². The van der Waals surface area contributed by atoms with Gasteiger partial charge in [-0.1, -0.05) is 17.7 Å². The summed E-state index contributed by atoms with van der Waals surface area (Å²) in [4.78, 5) is 28.8. The second-order valence-electron chi connectivity index (χ2n) is 5.90. The van der Waals surface area contributed by atoms with Gasteiger partial charge >= 0.3 is 0 Å². The van der Waals surface area contributed by atoms with Crippen molar-refractivity contribution in [2.45, 2.75) is 6.42 Å². The minimum Gasteiger partial charge on any atom is -0.454 e. The summed E-state index contributed by atoms with van der Waals surface area (Å²) < 4.78 is 10.5. The Kier molecular flexibility index (Phi) is 5.14. The summed E-state index contributed by atoms with van der Waals surface area (Å²) in [6, 6.07) is 11.8. The smallest absolute Gasteiger partial charge is 0.257 e. The number of ether oxygens (including phenoxy) is 2. The fourth-order valence-electron chi connectivity index (χ4n) is 2.59. The molecule has 142 valence electrons. The van der Waals surface area contributed by atoms with Crippen LogP contribution < -0.4 is 20.1 Å². The fraction of sp³-hybridized carbons (Fsp3) is 0.105. The third-order valence-electron chi connectivity index (χ3n) is 3.86. The Labute approximate surface area is 169 Å². The lowest BCUT2D eigenvalue weighted by Gasteiger charge is -2.04. The molecule has 0 radical (unpaired) electrons. The Bertz CT molecular complexity index is 1050. The number of halogens is 1. The van der Waals surface area contributed by atoms with Crippen LogP contribution in [0.1, 0.15) is 16.1 Å². The van der Waals surface area contributed by atoms with Gasteiger partial charge in [-0.2, -0.15) is 0 Å². The van der Waals surface area contributed by atoms with Gasteiger partial charge in [0.05, 0.1) is 12.1 Å². The average molecular weight is 416 g/mol. The number of fused-ring (bicyclic) bond motifs is 1. The van der Waals surface area contributed by atoms with Crippen molar-refractivity contribution in [3.05, 3.63) is 64.1 Å². The third kappa shape index (κ3) is 4.24. The van der Waals surface area contributed by atoms with Crippen LogP contribution in [0.25, 0.3) is 0 Å². The van der Waals surface area contributed by atoms with Gasteiger partial charge in [-0.05, 0) is 36.4 Å². The molecule has 9 heteroatoms. The van der Waals surface area contributed by atoms with E-state index < -0.39 is 0 Å². The van der Waals surface area contributed by atoms with Crippen LogP contribution in [0.5, 0.6) is 11.5 Å². The maximum absolute atomic E-state index is 12.4. The highest BCUT2D eigenvalue weighted by Crippen LogP contribution is 2.32. The summed E-state index contributed by atoms with van der Waals surface area (Å²) in [6.45, 7) is 0.146. The lowest BCUT2D eigenvalue weighted by molar-refractivity contribution is -0.115. The van der Waals surface area contributed by atoms with E-state index in [-0.39, 0.29) is 25.0 Å². The Hall–Kier alpha value is -3.10. The van der Waals surface area contributed by atoms with Crippen molar-refractivity contribution < 1.29 is 19.1 Å². The molecule has 0 aliphatic carbocycles. The number of benzene rings is 2. The number of carbonyl (C=O) groups excluding carboxylic acids is 2. The molecule has 2 aromatic carbocycles. The summed E-state index contributed by atoms with van der Waals surface area (Å²) in [5, 5.41) is 8.16. The van der Waals surface area contributed by atoms with Crippen molar-refractivity contribution in [1.29, 1.82) is 0 Å². The fourth-order valence-corrected chi connectivity index (χ4v) is 3.48. The molecular formula is C19H14ClN3O4S. The normalized spacial score (nSPS) is 11.9. The Morgan fingerprint density at radius 2 is 1.96 bits per heavy atom. The molecule has 7 nitrogen and oxygen atoms in total. The van der Waals surface area contributed by atoms with Crippen LogP contribution in [0.15, 0.2) is 47.8 Å². The lowest BCUT2D eigenvalue weighted by Crippen LogP contribution is -2.15. The summed E-state index contributed by atoms with van der Waals surface area (Å²) in [6.07, 6.45) is 0.0862. The number of carbonyl (C=O) groups is 2. The number of rotatable bonds is 5. The van der Waals surface area contributed by atoms with Crippen LogP contribution in [0.3, 0.4) is 0 Å². The van der Waals surface area contributed by atoms with Gasteiger partial charge in [-0.3, -0.25) is 14.9 Å². The van der Waals surface area contributed by atoms with Crippen LogP contribution in [0, 0.1) is 0 Å². The quantitative estimate of drug-likeness (QED) is 0.658. The Balaban J connectivity index is 1.36. The van der Waals surface area contributed by atoms with Crippen molar-refractivity contribution in [3.8, 4) is 11.5 Å². The number of nitrogens with one attached hydrogen (secondary N) is 2. The zero-order valence-corrected chi connectivity index (χ0v) is 16.0. The summed E-state index contributed by atoms with van der Waals surface area (Å²) in [5.41, 5.74) is 1.61. The van der Waals surface area contributed by atoms with Gasteiger partial charge in [0.15, 0.2) is 16.6 Å². The van der Waals surface area contributed by atoms with Gasteiger partial charge in [-0.15, -0.1) is 11.3 Å². The molecule has 0 spiro atoms. The Morgan fingerprint density at radius 1 is 1.11 bits per heavy atom. The van der Waals surface area contributed by atoms with Crippen molar-refractivity contribution >= 4 is 45.6 Å². The van der Waals surface area contributed by atoms with Crippen molar-refractivity contribution in [2.24, 2.45) is 0 Å². The number of thiazole rings is 1. The molecule has 0 fully saturated rings. The molecule has 1 aliphatic heterocycles. The molecule has 0 atom stereocenters. The van der Waals surface area contributed by atoms with Crippen molar-refractivity contribution in [1.82, 2.24) is 4.98 Å². The van der Waals surface area contributed by atoms with E-state index in [1.54, 1.807) is 47.8 Å². The zero-order valence-electron chi connectivity index (χ0n) is 14.4. The minimum atomic E-state index is -0.317. The van der Waals surface area contributed by atoms with Crippen molar-refractivity contribution in [3.63, 3.8) is 0 Å². The van der Waals surface area contributed by atoms with Crippen LogP contribution >= 0.6 is 22.9 Å². The van der Waals surface area contributed by atoms with E-state index in [1.165, 1.54) is 11.3 Å². The van der Waals surface area contributed by atoms with E-state index in [0.29, 0.717) is 38.6 Å². The summed E-state index contributed by atoms with van der Waals surface area (Å²) in [5.74, 6) is 0.604. The van der Waals surface area contributed by atoms with Gasteiger partial charge in [-0.25, -0.2) is 4.98 Å². The van der Waals surface area contributed by atoms with E-state index in [4.69, 9.17) is 21.1 Å². The summed E-state index contributed by atoms with van der Waals surface area (Å²) >= 11 is 7.15. The number of amides is 2. The SMILES string of the molecule is O=C(Cc1csc(NC(=O)c2ccc3c(c2)OCO3)n1)Nc1cccc(Cl)c1. The second-order valence-corrected chi connectivity index (χ2v) is 7.20. The third-order valence-corrected chi connectivity index (χ3v) is 4.90. The molecule has 4 rings (SSSR count). The molecule has 0 bridgehead atoms. The van der Waals surface area contributed by atoms with Gasteiger partial charge in [0, 0.05) is 21.7 Å². The molecular weight excluding hydrogens is 402 g/mol. The molecule has 0 saturated carbocycles. The standard InChI is InChI=1S/C19H14ClN3O4S/c20-12-2-1-3-13(7-12)21-17(24)8-14-9-28-19(22-14)23-18(25)11-4-5-15-16(6-11)27-10-26-15/h1-7,9H,8,10H2,(H,21,24)(H,22,23,25). The molecule has 3 aromatic rings. The van der Waals surface area contributed by atoms with Crippen molar-refractivity contribution in [2.75, 3.05) is 17.4 Å². The second kappa shape index (κ2) is 7.87. The first kappa shape index (κ1) is 18.3. The molecule has 2 amide bonds.